The third-order valence-corrected chi connectivity index (χ3v) is 9.48. The molecule has 2 aromatic heterocycles. The Bertz CT molecular complexity index is 1590. The summed E-state index contributed by atoms with van der Waals surface area (Å²) >= 11 is 0. The molecule has 0 saturated carbocycles. The molecule has 2 fully saturated rings. The Morgan fingerprint density at radius 1 is 1.00 bits per heavy atom. The van der Waals surface area contributed by atoms with Gasteiger partial charge in [0.25, 0.3) is 0 Å². The fourth-order valence-electron chi connectivity index (χ4n) is 5.89. The Morgan fingerprint density at radius 3 is 2.46 bits per heavy atom. The van der Waals surface area contributed by atoms with E-state index in [1.165, 1.54) is 29.1 Å². The molecule has 41 heavy (non-hydrogen) atoms. The van der Waals surface area contributed by atoms with E-state index in [1.807, 2.05) is 47.3 Å². The van der Waals surface area contributed by atoms with Gasteiger partial charge in [-0.1, -0.05) is 18.2 Å². The van der Waals surface area contributed by atoms with Gasteiger partial charge < -0.3 is 20.1 Å². The maximum Gasteiger partial charge on any atom is 0.232 e. The lowest BCUT2D eigenvalue weighted by Crippen LogP contribution is -2.52. The maximum absolute atomic E-state index is 12.2. The number of fused-ring (bicyclic) bond motifs is 1. The summed E-state index contributed by atoms with van der Waals surface area (Å²) in [7, 11) is -1.80. The first-order valence-electron chi connectivity index (χ1n) is 14.3. The van der Waals surface area contributed by atoms with Crippen molar-refractivity contribution in [1.82, 2.24) is 24.8 Å². The van der Waals surface area contributed by atoms with E-state index in [-0.39, 0.29) is 0 Å². The third kappa shape index (κ3) is 6.17. The van der Waals surface area contributed by atoms with Gasteiger partial charge in [-0.2, -0.15) is 4.98 Å². The number of hydrogen-bond acceptors (Lipinski definition) is 8. The van der Waals surface area contributed by atoms with Crippen molar-refractivity contribution in [3.63, 3.8) is 0 Å². The molecule has 2 saturated heterocycles. The van der Waals surface area contributed by atoms with Gasteiger partial charge in [0.15, 0.2) is 0 Å². The molecule has 0 unspecified atom stereocenters. The van der Waals surface area contributed by atoms with Crippen molar-refractivity contribution in [3.8, 4) is 0 Å². The molecule has 0 spiro atoms. The van der Waals surface area contributed by atoms with Crippen molar-refractivity contribution in [2.45, 2.75) is 25.4 Å². The highest BCUT2D eigenvalue weighted by atomic mass is 32.2. The molecule has 10 nitrogen and oxygen atoms in total. The number of piperazine rings is 1. The summed E-state index contributed by atoms with van der Waals surface area (Å²) in [5, 5.41) is 7.73. The Labute approximate surface area is 242 Å². The molecule has 2 aromatic carbocycles. The van der Waals surface area contributed by atoms with E-state index < -0.39 is 10.0 Å². The SMILES string of the molecule is CN(c1ccccc1Cn1ccc2cnc(Nc3ccc(N4CCC(N5CCNCC5)CC4)cc3)nc21)S(C)(=O)=O. The van der Waals surface area contributed by atoms with Crippen LogP contribution in [0.2, 0.25) is 0 Å². The van der Waals surface area contributed by atoms with Crippen LogP contribution in [0.1, 0.15) is 18.4 Å². The van der Waals surface area contributed by atoms with Gasteiger partial charge in [0.2, 0.25) is 16.0 Å². The van der Waals surface area contributed by atoms with Crippen LogP contribution < -0.4 is 19.8 Å². The van der Waals surface area contributed by atoms with Crippen LogP contribution in [0.15, 0.2) is 67.0 Å². The van der Waals surface area contributed by atoms with E-state index in [0.29, 0.717) is 24.2 Å². The number of anilines is 4. The highest BCUT2D eigenvalue weighted by molar-refractivity contribution is 7.92. The summed E-state index contributed by atoms with van der Waals surface area (Å²) in [5.74, 6) is 0.517. The third-order valence-electron chi connectivity index (χ3n) is 8.29. The minimum absolute atomic E-state index is 0.482. The fraction of sp³-hybridized carbons (Fsp3) is 0.400. The number of aromatic nitrogens is 3. The van der Waals surface area contributed by atoms with Gasteiger partial charge in [-0.25, -0.2) is 13.4 Å². The Hall–Kier alpha value is -3.67. The van der Waals surface area contributed by atoms with Gasteiger partial charge in [0, 0.05) is 81.5 Å². The van der Waals surface area contributed by atoms with Crippen molar-refractivity contribution >= 4 is 44.1 Å². The fourth-order valence-corrected chi connectivity index (χ4v) is 6.43. The monoisotopic (exact) mass is 574 g/mol. The Morgan fingerprint density at radius 2 is 1.73 bits per heavy atom. The molecule has 2 N–H and O–H groups in total. The number of nitrogens with one attached hydrogen (secondary N) is 2. The predicted octanol–water partition coefficient (Wildman–Crippen LogP) is 3.49. The largest absolute Gasteiger partial charge is 0.371 e. The summed E-state index contributed by atoms with van der Waals surface area (Å²) in [6.07, 6.45) is 7.40. The summed E-state index contributed by atoms with van der Waals surface area (Å²) < 4.78 is 27.7. The van der Waals surface area contributed by atoms with Crippen molar-refractivity contribution in [2.24, 2.45) is 0 Å². The van der Waals surface area contributed by atoms with E-state index >= 15 is 0 Å². The molecule has 6 rings (SSSR count). The second-order valence-electron chi connectivity index (χ2n) is 11.0. The zero-order chi connectivity index (χ0) is 28.4. The van der Waals surface area contributed by atoms with Crippen molar-refractivity contribution in [1.29, 1.82) is 0 Å². The van der Waals surface area contributed by atoms with Crippen molar-refractivity contribution < 1.29 is 8.42 Å². The molecule has 0 amide bonds. The van der Waals surface area contributed by atoms with Gasteiger partial charge in [0.05, 0.1) is 18.5 Å². The smallest absolute Gasteiger partial charge is 0.232 e. The Balaban J connectivity index is 1.13. The average Bonchev–Trinajstić information content (AvgIpc) is 3.39. The van der Waals surface area contributed by atoms with Gasteiger partial charge in [-0.3, -0.25) is 9.21 Å². The number of piperidine rings is 1. The first-order valence-corrected chi connectivity index (χ1v) is 16.1. The van der Waals surface area contributed by atoms with Crippen molar-refractivity contribution in [2.75, 3.05) is 67.1 Å². The molecule has 11 heteroatoms. The van der Waals surface area contributed by atoms with Gasteiger partial charge >= 0.3 is 0 Å². The minimum atomic E-state index is -3.38. The first-order chi connectivity index (χ1) is 19.8. The summed E-state index contributed by atoms with van der Waals surface area (Å²) in [6.45, 7) is 7.19. The molecule has 0 atom stereocenters. The lowest BCUT2D eigenvalue weighted by molar-refractivity contribution is 0.150. The lowest BCUT2D eigenvalue weighted by Gasteiger charge is -2.41. The molecular weight excluding hydrogens is 536 g/mol. The number of benzene rings is 2. The zero-order valence-corrected chi connectivity index (χ0v) is 24.5. The molecular formula is C30H38N8O2S. The zero-order valence-electron chi connectivity index (χ0n) is 23.7. The van der Waals surface area contributed by atoms with E-state index in [2.05, 4.69) is 49.7 Å². The summed E-state index contributed by atoms with van der Waals surface area (Å²) in [4.78, 5) is 14.5. The molecule has 0 radical (unpaired) electrons. The second kappa shape index (κ2) is 11.7. The maximum atomic E-state index is 12.2. The number of para-hydroxylation sites is 1. The number of sulfonamides is 1. The Kier molecular flexibility index (Phi) is 7.83. The molecule has 0 aliphatic carbocycles. The summed E-state index contributed by atoms with van der Waals surface area (Å²) in [5.41, 5.74) is 4.50. The van der Waals surface area contributed by atoms with Gasteiger partial charge in [-0.15, -0.1) is 0 Å². The van der Waals surface area contributed by atoms with Crippen LogP contribution in [0, 0.1) is 0 Å². The van der Waals surface area contributed by atoms with Crippen LogP contribution in [0.5, 0.6) is 0 Å². The predicted molar refractivity (Wildman–Crippen MR) is 166 cm³/mol. The highest BCUT2D eigenvalue weighted by Gasteiger charge is 2.25. The molecule has 2 aliphatic heterocycles. The van der Waals surface area contributed by atoms with Gasteiger partial charge in [-0.05, 0) is 54.8 Å². The van der Waals surface area contributed by atoms with Crippen LogP contribution in [0.25, 0.3) is 11.0 Å². The standard InChI is InChI=1S/C30H38N8O2S/c1-35(41(2,39)40)28-6-4-3-5-24(28)22-38-16-11-23-21-32-30(34-29(23)38)33-25-7-9-26(10-8-25)36-17-12-27(13-18-36)37-19-14-31-15-20-37/h3-11,16,21,27,31H,12-15,17-20,22H2,1-2H3,(H,32,33,34). The van der Waals surface area contributed by atoms with Crippen LogP contribution in [-0.2, 0) is 16.6 Å². The highest BCUT2D eigenvalue weighted by Crippen LogP contribution is 2.27. The van der Waals surface area contributed by atoms with Gasteiger partial charge in [0.1, 0.15) is 5.65 Å². The topological polar surface area (TPSA) is 98.6 Å². The molecule has 4 aromatic rings. The summed E-state index contributed by atoms with van der Waals surface area (Å²) in [6, 6.07) is 18.7. The van der Waals surface area contributed by atoms with E-state index in [1.54, 1.807) is 7.05 Å². The normalized spacial score (nSPS) is 17.2. The lowest BCUT2D eigenvalue weighted by atomic mass is 10.0. The number of nitrogens with zero attached hydrogens (tertiary/aromatic N) is 6. The van der Waals surface area contributed by atoms with E-state index in [4.69, 9.17) is 4.98 Å². The molecule has 2 aliphatic rings. The van der Waals surface area contributed by atoms with E-state index in [0.717, 1.165) is 61.6 Å². The van der Waals surface area contributed by atoms with Crippen molar-refractivity contribution in [3.05, 3.63) is 72.6 Å². The number of rotatable bonds is 8. The molecule has 0 bridgehead atoms. The first kappa shape index (κ1) is 27.5. The number of hydrogen-bond donors (Lipinski definition) is 2. The molecule has 216 valence electrons. The van der Waals surface area contributed by atoms with Crippen LogP contribution in [0.3, 0.4) is 0 Å². The minimum Gasteiger partial charge on any atom is -0.371 e. The van der Waals surface area contributed by atoms with Crippen LogP contribution in [0.4, 0.5) is 23.0 Å². The quantitative estimate of drug-likeness (QED) is 0.330. The van der Waals surface area contributed by atoms with Crippen LogP contribution in [-0.4, -0.2) is 86.5 Å². The second-order valence-corrected chi connectivity index (χ2v) is 13.0. The molecule has 4 heterocycles. The van der Waals surface area contributed by atoms with Crippen LogP contribution >= 0.6 is 0 Å². The van der Waals surface area contributed by atoms with E-state index in [9.17, 15) is 8.42 Å². The average molecular weight is 575 g/mol.